The van der Waals surface area contributed by atoms with Gasteiger partial charge < -0.3 is 5.11 Å². The molecule has 0 aromatic carbocycles. The van der Waals surface area contributed by atoms with Crippen LogP contribution in [0.3, 0.4) is 0 Å². The van der Waals surface area contributed by atoms with Crippen LogP contribution in [0.15, 0.2) is 0 Å². The second-order valence-electron chi connectivity index (χ2n) is 3.24. The maximum absolute atomic E-state index is 8.71. The van der Waals surface area contributed by atoms with Crippen LogP contribution in [0.4, 0.5) is 0 Å². The van der Waals surface area contributed by atoms with Crippen LogP contribution in [-0.4, -0.2) is 62.9 Å². The third-order valence-corrected chi connectivity index (χ3v) is 7.53. The molecule has 0 fully saturated rings. The third kappa shape index (κ3) is 11.4. The smallest absolute Gasteiger partial charge is 0.0521 e. The van der Waals surface area contributed by atoms with Crippen LogP contribution in [0.2, 0.25) is 0 Å². The molecule has 0 spiro atoms. The minimum atomic E-state index is 0.236. The van der Waals surface area contributed by atoms with Gasteiger partial charge in [0.25, 0.3) is 0 Å². The summed E-state index contributed by atoms with van der Waals surface area (Å²) in [5.41, 5.74) is 0. The number of aliphatic hydroxyl groups excluding tert-OH is 1. The van der Waals surface area contributed by atoms with Gasteiger partial charge in [0.15, 0.2) is 0 Å². The summed E-state index contributed by atoms with van der Waals surface area (Å²) in [7, 11) is 0. The average molecular weight is 358 g/mol. The van der Waals surface area contributed by atoms with Crippen molar-refractivity contribution in [3.63, 3.8) is 0 Å². The first-order valence-corrected chi connectivity index (χ1v) is 10.2. The summed E-state index contributed by atoms with van der Waals surface area (Å²) in [6.07, 6.45) is 0. The summed E-state index contributed by atoms with van der Waals surface area (Å²) < 4.78 is 0. The lowest BCUT2D eigenvalue weighted by Gasteiger charge is -2.17. The Morgan fingerprint density at radius 2 is 1.53 bits per heavy atom. The average Bonchev–Trinajstić information content (AvgIpc) is 2.36. The highest BCUT2D eigenvalue weighted by Gasteiger charge is 2.13. The maximum atomic E-state index is 8.71. The first kappa shape index (κ1) is 18.9. The fourth-order valence-corrected chi connectivity index (χ4v) is 5.46. The topological polar surface area (TPSA) is 20.2 Å². The molecule has 7 heteroatoms. The van der Waals surface area contributed by atoms with Gasteiger partial charge in [0.1, 0.15) is 0 Å². The molecule has 0 aromatic heterocycles. The van der Waals surface area contributed by atoms with E-state index in [0.717, 1.165) is 23.0 Å². The molecule has 0 bridgehead atoms. The van der Waals surface area contributed by atoms with E-state index in [-0.39, 0.29) is 6.61 Å². The predicted octanol–water partition coefficient (Wildman–Crippen LogP) is 3.63. The van der Waals surface area contributed by atoms with Gasteiger partial charge in [-0.1, -0.05) is 0 Å². The number of thioether (sulfide) groups is 3. The number of aliphatic hydroxyl groups is 1. The summed E-state index contributed by atoms with van der Waals surface area (Å²) >= 11 is 22.9. The quantitative estimate of drug-likeness (QED) is 0.425. The molecule has 2 unspecified atom stereocenters. The Bertz CT molecular complexity index is 166. The molecule has 17 heavy (non-hydrogen) atoms. The number of hydrogen-bond acceptors (Lipinski definition) is 4. The molecule has 2 atom stereocenters. The fraction of sp³-hybridized carbons (Fsp3) is 1.00. The molecule has 0 radical (unpaired) electrons. The summed E-state index contributed by atoms with van der Waals surface area (Å²) in [6, 6.07) is 0. The number of hydrogen-bond donors (Lipinski definition) is 1. The monoisotopic (exact) mass is 356 g/mol. The molecule has 0 rings (SSSR count). The zero-order chi connectivity index (χ0) is 12.9. The summed E-state index contributed by atoms with van der Waals surface area (Å²) in [6.45, 7) is 0.236. The molecule has 1 N–H and O–H groups in total. The Hall–Kier alpha value is 1.88. The van der Waals surface area contributed by atoms with Crippen LogP contribution in [-0.2, 0) is 0 Å². The third-order valence-electron chi connectivity index (χ3n) is 1.83. The van der Waals surface area contributed by atoms with Crippen molar-refractivity contribution in [2.75, 3.05) is 47.3 Å². The lowest BCUT2D eigenvalue weighted by molar-refractivity contribution is 0.322. The van der Waals surface area contributed by atoms with E-state index < -0.39 is 0 Å². The molecular formula is C10H19Cl3OS3. The second-order valence-corrected chi connectivity index (χ2v) is 8.13. The van der Waals surface area contributed by atoms with Crippen molar-refractivity contribution in [2.24, 2.45) is 0 Å². The summed E-state index contributed by atoms with van der Waals surface area (Å²) in [5.74, 6) is 5.73. The fourth-order valence-electron chi connectivity index (χ4n) is 1.01. The van der Waals surface area contributed by atoms with E-state index in [1.807, 2.05) is 23.5 Å². The first-order valence-electron chi connectivity index (χ1n) is 5.38. The van der Waals surface area contributed by atoms with Crippen LogP contribution < -0.4 is 0 Å². The largest absolute Gasteiger partial charge is 0.396 e. The molecule has 0 aliphatic carbocycles. The molecule has 104 valence electrons. The van der Waals surface area contributed by atoms with Crippen molar-refractivity contribution >= 4 is 70.1 Å². The van der Waals surface area contributed by atoms with E-state index in [1.165, 1.54) is 0 Å². The van der Waals surface area contributed by atoms with Gasteiger partial charge in [0.05, 0.1) is 6.61 Å². The van der Waals surface area contributed by atoms with Gasteiger partial charge in [0, 0.05) is 51.2 Å². The molecular weight excluding hydrogens is 339 g/mol. The highest BCUT2D eigenvalue weighted by Crippen LogP contribution is 2.24. The van der Waals surface area contributed by atoms with Gasteiger partial charge in [-0.25, -0.2) is 0 Å². The highest BCUT2D eigenvalue weighted by atomic mass is 35.5. The van der Waals surface area contributed by atoms with Crippen molar-refractivity contribution in [1.82, 2.24) is 0 Å². The molecule has 0 saturated carbocycles. The molecule has 1 nitrogen and oxygen atoms in total. The number of alkyl halides is 3. The summed E-state index contributed by atoms with van der Waals surface area (Å²) in [4.78, 5) is 0. The Balaban J connectivity index is 3.69. The second kappa shape index (κ2) is 14.3. The van der Waals surface area contributed by atoms with Crippen LogP contribution in [0.5, 0.6) is 0 Å². The van der Waals surface area contributed by atoms with Crippen molar-refractivity contribution in [3.05, 3.63) is 0 Å². The van der Waals surface area contributed by atoms with Gasteiger partial charge in [0.2, 0.25) is 0 Å². The van der Waals surface area contributed by atoms with Crippen LogP contribution in [0, 0.1) is 0 Å². The minimum absolute atomic E-state index is 0.236. The minimum Gasteiger partial charge on any atom is -0.396 e. The van der Waals surface area contributed by atoms with Crippen molar-refractivity contribution in [3.8, 4) is 0 Å². The lowest BCUT2D eigenvalue weighted by atomic mass is 10.5. The number of rotatable bonds is 12. The Morgan fingerprint density at radius 1 is 0.882 bits per heavy atom. The van der Waals surface area contributed by atoms with Crippen molar-refractivity contribution < 1.29 is 5.11 Å². The standard InChI is InChI=1S/C10H19Cl3OS3/c11-1-3-16-10(6-13)8-17-9(5-12)7-15-4-2-14/h9-10,14H,1-8H2. The molecule has 0 aliphatic rings. The first-order chi connectivity index (χ1) is 8.28. The van der Waals surface area contributed by atoms with E-state index in [4.69, 9.17) is 39.9 Å². The van der Waals surface area contributed by atoms with Crippen LogP contribution in [0.25, 0.3) is 0 Å². The normalized spacial score (nSPS) is 14.8. The zero-order valence-electron chi connectivity index (χ0n) is 9.62. The molecule has 0 aromatic rings. The van der Waals surface area contributed by atoms with Gasteiger partial charge in [-0.2, -0.15) is 35.3 Å². The summed E-state index contributed by atoms with van der Waals surface area (Å²) in [5, 5.41) is 9.60. The van der Waals surface area contributed by atoms with Crippen LogP contribution >= 0.6 is 70.1 Å². The predicted molar refractivity (Wildman–Crippen MR) is 89.1 cm³/mol. The van der Waals surface area contributed by atoms with Gasteiger partial charge in [-0.05, 0) is 0 Å². The maximum Gasteiger partial charge on any atom is 0.0521 e. The molecule has 0 aliphatic heterocycles. The zero-order valence-corrected chi connectivity index (χ0v) is 14.3. The van der Waals surface area contributed by atoms with E-state index in [2.05, 4.69) is 0 Å². The van der Waals surface area contributed by atoms with Gasteiger partial charge >= 0.3 is 0 Å². The van der Waals surface area contributed by atoms with Crippen molar-refractivity contribution in [1.29, 1.82) is 0 Å². The SMILES string of the molecule is OCCSCC(CCl)SCC(CCl)SCCCl. The van der Waals surface area contributed by atoms with Crippen LogP contribution in [0.1, 0.15) is 0 Å². The number of halogens is 3. The lowest BCUT2D eigenvalue weighted by Crippen LogP contribution is -2.16. The molecule has 0 saturated heterocycles. The Labute approximate surface area is 132 Å². The van der Waals surface area contributed by atoms with Gasteiger partial charge in [-0.3, -0.25) is 0 Å². The van der Waals surface area contributed by atoms with E-state index in [0.29, 0.717) is 28.1 Å². The van der Waals surface area contributed by atoms with Crippen molar-refractivity contribution in [2.45, 2.75) is 10.5 Å². The highest BCUT2D eigenvalue weighted by molar-refractivity contribution is 8.05. The van der Waals surface area contributed by atoms with E-state index >= 15 is 0 Å². The molecule has 0 heterocycles. The Morgan fingerprint density at radius 3 is 2.06 bits per heavy atom. The molecule has 0 amide bonds. The van der Waals surface area contributed by atoms with Gasteiger partial charge in [-0.15, -0.1) is 34.8 Å². The van der Waals surface area contributed by atoms with E-state index in [9.17, 15) is 0 Å². The Kier molecular flexibility index (Phi) is 15.9. The van der Waals surface area contributed by atoms with E-state index in [1.54, 1.807) is 11.8 Å².